The molecule has 0 spiro atoms. The van der Waals surface area contributed by atoms with Crippen LogP contribution in [0.3, 0.4) is 0 Å². The van der Waals surface area contributed by atoms with Crippen molar-refractivity contribution in [2.75, 3.05) is 12.4 Å². The van der Waals surface area contributed by atoms with Crippen LogP contribution in [-0.2, 0) is 23.9 Å². The van der Waals surface area contributed by atoms with Crippen LogP contribution in [0.4, 0.5) is 0 Å². The third-order valence-electron chi connectivity index (χ3n) is 8.03. The zero-order valence-corrected chi connectivity index (χ0v) is 26.5. The van der Waals surface area contributed by atoms with E-state index < -0.39 is 0 Å². The molecule has 2 amide bonds. The molecule has 2 fully saturated rings. The molecular formula is C31H53ClN2O5. The molecule has 2 rings (SSSR count). The van der Waals surface area contributed by atoms with Crippen LogP contribution >= 0.6 is 11.6 Å². The van der Waals surface area contributed by atoms with Gasteiger partial charge in [-0.2, -0.15) is 0 Å². The molecular weight excluding hydrogens is 516 g/mol. The fourth-order valence-electron chi connectivity index (χ4n) is 6.09. The van der Waals surface area contributed by atoms with Crippen molar-refractivity contribution in [3.05, 3.63) is 24.3 Å². The molecule has 2 N–H and O–H groups in total. The molecule has 0 aromatic rings. The maximum absolute atomic E-state index is 11.7. The summed E-state index contributed by atoms with van der Waals surface area (Å²) in [6.07, 6.45) is 4.07. The predicted molar refractivity (Wildman–Crippen MR) is 158 cm³/mol. The number of amides is 2. The number of hydrogen-bond acceptors (Lipinski definition) is 5. The van der Waals surface area contributed by atoms with Gasteiger partial charge in [0.1, 0.15) is 6.10 Å². The van der Waals surface area contributed by atoms with E-state index in [2.05, 4.69) is 65.3 Å². The number of carbonyl (C=O) groups is 3. The van der Waals surface area contributed by atoms with Crippen molar-refractivity contribution in [2.45, 2.75) is 119 Å². The molecule has 1 heterocycles. The first kappa shape index (κ1) is 35.2. The average Bonchev–Trinajstić information content (AvgIpc) is 2.81. The van der Waals surface area contributed by atoms with Crippen molar-refractivity contribution >= 4 is 29.4 Å². The van der Waals surface area contributed by atoms with Crippen LogP contribution in [0, 0.1) is 22.7 Å². The Kier molecular flexibility index (Phi) is 13.7. The molecule has 1 saturated heterocycles. The first-order valence-electron chi connectivity index (χ1n) is 14.3. The van der Waals surface area contributed by atoms with Gasteiger partial charge in [-0.15, -0.1) is 11.6 Å². The van der Waals surface area contributed by atoms with Gasteiger partial charge in [0.05, 0.1) is 24.7 Å². The predicted octanol–water partition coefficient (Wildman–Crippen LogP) is 5.95. The average molecular weight is 569 g/mol. The highest BCUT2D eigenvalue weighted by atomic mass is 35.5. The standard InChI is InChI=1S/C17H28ClNO3.C14H25NO2/c1-12(2)15(21)19-11-17(5)9-13(8-16(3,4)10-17)22-14(20)6-7-18;1-7-12-9(4)10(5)13(11(6)17-12)15-14(16)8(2)3/h13H,1,6-11H2,2-5H3,(H,19,21);9-13H,2,7H2,1,3-6H3,(H,15,16). The molecule has 1 aliphatic heterocycles. The van der Waals surface area contributed by atoms with Gasteiger partial charge in [-0.1, -0.05) is 54.7 Å². The highest BCUT2D eigenvalue weighted by Gasteiger charge is 2.43. The van der Waals surface area contributed by atoms with Crippen LogP contribution < -0.4 is 10.6 Å². The van der Waals surface area contributed by atoms with Crippen molar-refractivity contribution < 1.29 is 23.9 Å². The van der Waals surface area contributed by atoms with E-state index in [-0.39, 0.29) is 59.2 Å². The fraction of sp³-hybridized carbons (Fsp3) is 0.774. The molecule has 1 saturated carbocycles. The van der Waals surface area contributed by atoms with E-state index in [1.807, 2.05) is 6.92 Å². The lowest BCUT2D eigenvalue weighted by molar-refractivity contribution is -0.155. The summed E-state index contributed by atoms with van der Waals surface area (Å²) in [6.45, 7) is 26.4. The Morgan fingerprint density at radius 2 is 1.59 bits per heavy atom. The maximum atomic E-state index is 11.7. The molecule has 7 nitrogen and oxygen atoms in total. The van der Waals surface area contributed by atoms with Gasteiger partial charge in [-0.05, 0) is 69.1 Å². The molecule has 39 heavy (non-hydrogen) atoms. The number of ether oxygens (including phenoxy) is 2. The molecule has 1 aliphatic carbocycles. The Labute approximate surface area is 241 Å². The van der Waals surface area contributed by atoms with E-state index in [9.17, 15) is 14.4 Å². The lowest BCUT2D eigenvalue weighted by Gasteiger charge is -2.46. The minimum absolute atomic E-state index is 0.0624. The van der Waals surface area contributed by atoms with Crippen LogP contribution in [0.25, 0.3) is 0 Å². The SMILES string of the molecule is C=C(C)C(=O)NC1C(C)OC(CC)C(C)C1C.C=C(C)C(=O)NCC1(C)CC(OC(=O)CCCl)CC(C)(C)C1. The highest BCUT2D eigenvalue weighted by Crippen LogP contribution is 2.46. The number of halogens is 1. The van der Waals surface area contributed by atoms with Crippen LogP contribution in [0.15, 0.2) is 24.3 Å². The lowest BCUT2D eigenvalue weighted by Crippen LogP contribution is -2.55. The van der Waals surface area contributed by atoms with Crippen LogP contribution in [0.1, 0.15) is 94.4 Å². The monoisotopic (exact) mass is 568 g/mol. The first-order valence-corrected chi connectivity index (χ1v) is 14.8. The molecule has 7 atom stereocenters. The summed E-state index contributed by atoms with van der Waals surface area (Å²) in [5.41, 5.74) is 1.02. The normalized spacial score (nSPS) is 31.6. The van der Waals surface area contributed by atoms with E-state index in [1.54, 1.807) is 13.8 Å². The van der Waals surface area contributed by atoms with Crippen molar-refractivity contribution in [3.63, 3.8) is 0 Å². The lowest BCUT2D eigenvalue weighted by atomic mass is 9.63. The molecule has 0 aromatic carbocycles. The third-order valence-corrected chi connectivity index (χ3v) is 8.22. The Morgan fingerprint density at radius 3 is 2.10 bits per heavy atom. The molecule has 7 unspecified atom stereocenters. The number of esters is 1. The third kappa shape index (κ3) is 11.3. The molecule has 8 heteroatoms. The van der Waals surface area contributed by atoms with Crippen molar-refractivity contribution in [1.82, 2.24) is 10.6 Å². The second kappa shape index (κ2) is 15.2. The van der Waals surface area contributed by atoms with E-state index in [0.717, 1.165) is 25.7 Å². The maximum Gasteiger partial charge on any atom is 0.307 e. The van der Waals surface area contributed by atoms with Gasteiger partial charge in [0.2, 0.25) is 11.8 Å². The summed E-state index contributed by atoms with van der Waals surface area (Å²) in [4.78, 5) is 35.1. The topological polar surface area (TPSA) is 93.7 Å². The Hall–Kier alpha value is -1.86. The number of carbonyl (C=O) groups excluding carboxylic acids is 3. The van der Waals surface area contributed by atoms with Gasteiger partial charge >= 0.3 is 5.97 Å². The van der Waals surface area contributed by atoms with Crippen molar-refractivity contribution in [1.29, 1.82) is 0 Å². The minimum atomic E-state index is -0.244. The molecule has 224 valence electrons. The Bertz CT molecular complexity index is 888. The van der Waals surface area contributed by atoms with Gasteiger partial charge in [0, 0.05) is 23.6 Å². The second-order valence-electron chi connectivity index (χ2n) is 12.9. The van der Waals surface area contributed by atoms with Crippen LogP contribution in [0.2, 0.25) is 0 Å². The number of nitrogens with one attached hydrogen (secondary N) is 2. The molecule has 0 radical (unpaired) electrons. The summed E-state index contributed by atoms with van der Waals surface area (Å²) in [5, 5.41) is 5.96. The van der Waals surface area contributed by atoms with E-state index in [4.69, 9.17) is 21.1 Å². The zero-order chi connectivity index (χ0) is 30.1. The second-order valence-corrected chi connectivity index (χ2v) is 13.2. The van der Waals surface area contributed by atoms with Gasteiger partial charge in [0.15, 0.2) is 0 Å². The number of alkyl halides is 1. The van der Waals surface area contributed by atoms with E-state index in [1.165, 1.54) is 0 Å². The highest BCUT2D eigenvalue weighted by molar-refractivity contribution is 6.18. The summed E-state index contributed by atoms with van der Waals surface area (Å²) >= 11 is 5.58. The summed E-state index contributed by atoms with van der Waals surface area (Å²) in [7, 11) is 0. The first-order chi connectivity index (χ1) is 17.9. The van der Waals surface area contributed by atoms with Gasteiger partial charge in [0.25, 0.3) is 0 Å². The summed E-state index contributed by atoms with van der Waals surface area (Å²) < 4.78 is 11.5. The molecule has 2 aliphatic rings. The summed E-state index contributed by atoms with van der Waals surface area (Å²) in [6, 6.07) is 0.0806. The Morgan fingerprint density at radius 1 is 1.00 bits per heavy atom. The van der Waals surface area contributed by atoms with Gasteiger partial charge in [-0.25, -0.2) is 0 Å². The quantitative estimate of drug-likeness (QED) is 0.203. The van der Waals surface area contributed by atoms with Gasteiger partial charge < -0.3 is 20.1 Å². The minimum Gasteiger partial charge on any atom is -0.462 e. The van der Waals surface area contributed by atoms with Crippen molar-refractivity contribution in [3.8, 4) is 0 Å². The van der Waals surface area contributed by atoms with E-state index in [0.29, 0.717) is 35.6 Å². The smallest absolute Gasteiger partial charge is 0.307 e. The molecule has 0 bridgehead atoms. The Balaban J connectivity index is 0.000000403. The molecule has 0 aromatic heterocycles. The summed E-state index contributed by atoms with van der Waals surface area (Å²) in [5.74, 6) is 0.727. The van der Waals surface area contributed by atoms with Gasteiger partial charge in [-0.3, -0.25) is 14.4 Å². The van der Waals surface area contributed by atoms with Crippen molar-refractivity contribution in [2.24, 2.45) is 22.7 Å². The fourth-order valence-corrected chi connectivity index (χ4v) is 6.25. The number of hydrogen-bond donors (Lipinski definition) is 2. The van der Waals surface area contributed by atoms with E-state index >= 15 is 0 Å². The number of rotatable bonds is 9. The van der Waals surface area contributed by atoms with Crippen LogP contribution in [0.5, 0.6) is 0 Å². The zero-order valence-electron chi connectivity index (χ0n) is 25.7. The van der Waals surface area contributed by atoms with Crippen LogP contribution in [-0.4, -0.2) is 54.6 Å². The largest absolute Gasteiger partial charge is 0.462 e.